The lowest BCUT2D eigenvalue weighted by atomic mass is 10.1. The number of hydrogen-bond donors (Lipinski definition) is 1. The van der Waals surface area contributed by atoms with Crippen LogP contribution in [0, 0.1) is 12.8 Å². The number of nitrogen functional groups attached to an aromatic ring is 1. The highest BCUT2D eigenvalue weighted by molar-refractivity contribution is 5.95. The van der Waals surface area contributed by atoms with Crippen molar-refractivity contribution in [2.75, 3.05) is 12.3 Å². The van der Waals surface area contributed by atoms with E-state index < -0.39 is 0 Å². The second kappa shape index (κ2) is 5.01. The highest BCUT2D eigenvalue weighted by Crippen LogP contribution is 2.29. The molecule has 1 aliphatic carbocycles. The molecule has 0 unspecified atom stereocenters. The minimum absolute atomic E-state index is 0.148. The molecule has 1 saturated carbocycles. The maximum absolute atomic E-state index is 12.5. The molecule has 1 aromatic carbocycles. The Morgan fingerprint density at radius 2 is 2.11 bits per heavy atom. The average molecular weight is 246 g/mol. The molecule has 0 bridgehead atoms. The maximum atomic E-state index is 12.5. The quantitative estimate of drug-likeness (QED) is 0.830. The van der Waals surface area contributed by atoms with Gasteiger partial charge in [0.2, 0.25) is 0 Å². The normalized spacial score (nSPS) is 14.9. The number of anilines is 1. The first-order chi connectivity index (χ1) is 8.49. The predicted molar refractivity (Wildman–Crippen MR) is 74.5 cm³/mol. The van der Waals surface area contributed by atoms with Gasteiger partial charge in [-0.05, 0) is 49.4 Å². The molecule has 0 atom stereocenters. The summed E-state index contributed by atoms with van der Waals surface area (Å²) in [5.74, 6) is 0.652. The van der Waals surface area contributed by atoms with Gasteiger partial charge in [-0.2, -0.15) is 0 Å². The largest absolute Gasteiger partial charge is 0.399 e. The zero-order valence-electron chi connectivity index (χ0n) is 11.4. The molecule has 18 heavy (non-hydrogen) atoms. The van der Waals surface area contributed by atoms with E-state index in [1.807, 2.05) is 30.0 Å². The summed E-state index contributed by atoms with van der Waals surface area (Å²) >= 11 is 0. The molecule has 1 fully saturated rings. The third-order valence-corrected chi connectivity index (χ3v) is 3.33. The van der Waals surface area contributed by atoms with Crippen molar-refractivity contribution in [3.05, 3.63) is 29.3 Å². The molecule has 0 saturated heterocycles. The van der Waals surface area contributed by atoms with Crippen LogP contribution in [0.15, 0.2) is 18.2 Å². The fraction of sp³-hybridized carbons (Fsp3) is 0.533. The zero-order valence-corrected chi connectivity index (χ0v) is 11.4. The number of hydrogen-bond acceptors (Lipinski definition) is 2. The van der Waals surface area contributed by atoms with Crippen LogP contribution in [0.25, 0.3) is 0 Å². The van der Waals surface area contributed by atoms with Gasteiger partial charge >= 0.3 is 0 Å². The van der Waals surface area contributed by atoms with Gasteiger partial charge in [0.1, 0.15) is 0 Å². The van der Waals surface area contributed by atoms with E-state index in [1.54, 1.807) is 0 Å². The number of nitrogens with zero attached hydrogens (tertiary/aromatic N) is 1. The minimum Gasteiger partial charge on any atom is -0.399 e. The minimum atomic E-state index is 0.148. The van der Waals surface area contributed by atoms with Crippen LogP contribution in [0.1, 0.15) is 42.6 Å². The molecular formula is C15H22N2O. The van der Waals surface area contributed by atoms with Crippen LogP contribution in [-0.2, 0) is 0 Å². The number of rotatable bonds is 4. The van der Waals surface area contributed by atoms with Crippen molar-refractivity contribution >= 4 is 11.6 Å². The van der Waals surface area contributed by atoms with Gasteiger partial charge in [0.25, 0.3) is 5.91 Å². The van der Waals surface area contributed by atoms with E-state index in [1.165, 1.54) is 0 Å². The van der Waals surface area contributed by atoms with Gasteiger partial charge in [-0.25, -0.2) is 0 Å². The Morgan fingerprint density at radius 3 is 2.61 bits per heavy atom. The second-order valence-corrected chi connectivity index (χ2v) is 5.65. The van der Waals surface area contributed by atoms with Crippen LogP contribution in [0.4, 0.5) is 5.69 Å². The van der Waals surface area contributed by atoms with E-state index in [9.17, 15) is 4.79 Å². The van der Waals surface area contributed by atoms with E-state index in [-0.39, 0.29) is 5.91 Å². The highest BCUT2D eigenvalue weighted by atomic mass is 16.2. The molecule has 0 aliphatic heterocycles. The van der Waals surface area contributed by atoms with Crippen molar-refractivity contribution in [3.8, 4) is 0 Å². The van der Waals surface area contributed by atoms with Crippen molar-refractivity contribution in [2.24, 2.45) is 5.92 Å². The molecule has 3 heteroatoms. The van der Waals surface area contributed by atoms with Crippen LogP contribution < -0.4 is 5.73 Å². The molecule has 3 nitrogen and oxygen atoms in total. The standard InChI is InChI=1S/C15H22N2O/c1-10(2)9-17(13-5-6-13)15(18)12-4-7-14(16)11(3)8-12/h4,7-8,10,13H,5-6,9,16H2,1-3H3. The smallest absolute Gasteiger partial charge is 0.254 e. The number of carbonyl (C=O) groups is 1. The summed E-state index contributed by atoms with van der Waals surface area (Å²) < 4.78 is 0. The number of aryl methyl sites for hydroxylation is 1. The van der Waals surface area contributed by atoms with E-state index in [2.05, 4.69) is 13.8 Å². The fourth-order valence-corrected chi connectivity index (χ4v) is 2.15. The molecule has 0 heterocycles. The third kappa shape index (κ3) is 2.84. The lowest BCUT2D eigenvalue weighted by Gasteiger charge is -2.24. The van der Waals surface area contributed by atoms with Gasteiger partial charge in [-0.3, -0.25) is 4.79 Å². The predicted octanol–water partition coefficient (Wildman–Crippen LogP) is 2.84. The Bertz CT molecular complexity index is 450. The Labute approximate surface area is 109 Å². The van der Waals surface area contributed by atoms with Gasteiger partial charge < -0.3 is 10.6 Å². The monoisotopic (exact) mass is 246 g/mol. The van der Waals surface area contributed by atoms with E-state index >= 15 is 0 Å². The van der Waals surface area contributed by atoms with E-state index in [0.29, 0.717) is 12.0 Å². The van der Waals surface area contributed by atoms with Crippen molar-refractivity contribution in [3.63, 3.8) is 0 Å². The Morgan fingerprint density at radius 1 is 1.44 bits per heavy atom. The molecule has 2 rings (SSSR count). The zero-order chi connectivity index (χ0) is 13.3. The first kappa shape index (κ1) is 12.9. The first-order valence-corrected chi connectivity index (χ1v) is 6.66. The van der Waals surface area contributed by atoms with E-state index in [4.69, 9.17) is 5.73 Å². The highest BCUT2D eigenvalue weighted by Gasteiger charge is 2.33. The molecule has 0 spiro atoms. The third-order valence-electron chi connectivity index (χ3n) is 3.33. The van der Waals surface area contributed by atoms with Crippen LogP contribution in [0.2, 0.25) is 0 Å². The lowest BCUT2D eigenvalue weighted by molar-refractivity contribution is 0.0722. The Kier molecular flexibility index (Phi) is 3.60. The summed E-state index contributed by atoms with van der Waals surface area (Å²) in [4.78, 5) is 14.5. The van der Waals surface area contributed by atoms with Gasteiger partial charge in [0, 0.05) is 23.8 Å². The summed E-state index contributed by atoms with van der Waals surface area (Å²) in [5.41, 5.74) is 8.27. The Balaban J connectivity index is 2.19. The fourth-order valence-electron chi connectivity index (χ4n) is 2.15. The van der Waals surface area contributed by atoms with Gasteiger partial charge in [-0.1, -0.05) is 13.8 Å². The maximum Gasteiger partial charge on any atom is 0.254 e. The number of amides is 1. The summed E-state index contributed by atoms with van der Waals surface area (Å²) in [6.07, 6.45) is 2.29. The van der Waals surface area contributed by atoms with Crippen LogP contribution in [-0.4, -0.2) is 23.4 Å². The second-order valence-electron chi connectivity index (χ2n) is 5.65. The molecular weight excluding hydrogens is 224 g/mol. The van der Waals surface area contributed by atoms with Crippen LogP contribution in [0.3, 0.4) is 0 Å². The van der Waals surface area contributed by atoms with Crippen LogP contribution in [0.5, 0.6) is 0 Å². The SMILES string of the molecule is Cc1cc(C(=O)N(CC(C)C)C2CC2)ccc1N. The van der Waals surface area contributed by atoms with Crippen LogP contribution >= 0.6 is 0 Å². The molecule has 1 amide bonds. The number of nitrogens with two attached hydrogens (primary N) is 1. The van der Waals surface area contributed by atoms with Crippen molar-refractivity contribution in [1.82, 2.24) is 4.90 Å². The van der Waals surface area contributed by atoms with Gasteiger partial charge in [-0.15, -0.1) is 0 Å². The van der Waals surface area contributed by atoms with Crippen molar-refractivity contribution in [2.45, 2.75) is 39.7 Å². The van der Waals surface area contributed by atoms with Gasteiger partial charge in [0.05, 0.1) is 0 Å². The molecule has 1 aliphatic rings. The molecule has 98 valence electrons. The molecule has 0 aromatic heterocycles. The average Bonchev–Trinajstić information content (AvgIpc) is 3.12. The summed E-state index contributed by atoms with van der Waals surface area (Å²) in [6, 6.07) is 6.01. The van der Waals surface area contributed by atoms with Crippen molar-refractivity contribution < 1.29 is 4.79 Å². The molecule has 2 N–H and O–H groups in total. The molecule has 0 radical (unpaired) electrons. The number of benzene rings is 1. The lowest BCUT2D eigenvalue weighted by Crippen LogP contribution is -2.36. The topological polar surface area (TPSA) is 46.3 Å². The summed E-state index contributed by atoms with van der Waals surface area (Å²) in [7, 11) is 0. The summed E-state index contributed by atoms with van der Waals surface area (Å²) in [5, 5.41) is 0. The van der Waals surface area contributed by atoms with Gasteiger partial charge in [0.15, 0.2) is 0 Å². The first-order valence-electron chi connectivity index (χ1n) is 6.66. The van der Waals surface area contributed by atoms with E-state index in [0.717, 1.165) is 36.2 Å². The Hall–Kier alpha value is -1.51. The number of carbonyl (C=O) groups excluding carboxylic acids is 1. The molecule has 1 aromatic rings. The van der Waals surface area contributed by atoms with Crippen molar-refractivity contribution in [1.29, 1.82) is 0 Å². The summed E-state index contributed by atoms with van der Waals surface area (Å²) in [6.45, 7) is 7.08.